The first-order valence-corrected chi connectivity index (χ1v) is 4.68. The van der Waals surface area contributed by atoms with Crippen molar-refractivity contribution in [3.05, 3.63) is 24.0 Å². The number of nitrogens with zero attached hydrogens (tertiary/aromatic N) is 2. The Morgan fingerprint density at radius 1 is 1.55 bits per heavy atom. The van der Waals surface area contributed by atoms with Crippen LogP contribution in [0.5, 0.6) is 0 Å². The Hall–Kier alpha value is -0.570. The maximum absolute atomic E-state index is 3.97. The summed E-state index contributed by atoms with van der Waals surface area (Å²) < 4.78 is 0. The zero-order chi connectivity index (χ0) is 8.27. The molecule has 0 radical (unpaired) electrons. The van der Waals surface area contributed by atoms with Crippen molar-refractivity contribution in [1.29, 1.82) is 0 Å². The maximum Gasteiger partial charge on any atom is 0.100 e. The van der Waals surface area contributed by atoms with Gasteiger partial charge in [0.1, 0.15) is 5.82 Å². The molecular formula is C8H14N2S. The van der Waals surface area contributed by atoms with Crippen LogP contribution in [0.1, 0.15) is 0 Å². The van der Waals surface area contributed by atoms with E-state index in [1.54, 1.807) is 0 Å². The zero-order valence-electron chi connectivity index (χ0n) is 7.08. The van der Waals surface area contributed by atoms with E-state index in [1.165, 1.54) is 0 Å². The molecule has 1 heterocycles. The van der Waals surface area contributed by atoms with E-state index in [9.17, 15) is 0 Å². The second-order valence-corrected chi connectivity index (χ2v) is 3.62. The highest BCUT2D eigenvalue weighted by atomic mass is 32.2. The standard InChI is InChI=1S/C8H14N2S/c1-8-9(2)4-6-11-7-5-10(8)3/h4,6H,1,5,7H2,2-3H3/b6-4-. The molecule has 0 saturated heterocycles. The molecule has 0 aromatic carbocycles. The summed E-state index contributed by atoms with van der Waals surface area (Å²) >= 11 is 1.83. The molecule has 2 nitrogen and oxygen atoms in total. The molecule has 1 aliphatic rings. The van der Waals surface area contributed by atoms with E-state index in [0.29, 0.717) is 0 Å². The summed E-state index contributed by atoms with van der Waals surface area (Å²) in [5, 5.41) is 2.11. The Kier molecular flexibility index (Phi) is 2.88. The minimum atomic E-state index is 1.06. The Labute approximate surface area is 72.6 Å². The fraction of sp³-hybridized carbons (Fsp3) is 0.500. The van der Waals surface area contributed by atoms with Crippen molar-refractivity contribution in [2.45, 2.75) is 0 Å². The number of hydrogen-bond acceptors (Lipinski definition) is 3. The van der Waals surface area contributed by atoms with E-state index in [4.69, 9.17) is 0 Å². The molecule has 0 bridgehead atoms. The third-order valence-electron chi connectivity index (χ3n) is 1.77. The Bertz CT molecular complexity index is 177. The Balaban J connectivity index is 2.64. The van der Waals surface area contributed by atoms with Gasteiger partial charge < -0.3 is 9.80 Å². The first-order chi connectivity index (χ1) is 5.22. The molecule has 3 heteroatoms. The number of thioether (sulfide) groups is 1. The van der Waals surface area contributed by atoms with Crippen LogP contribution in [0.2, 0.25) is 0 Å². The van der Waals surface area contributed by atoms with E-state index < -0.39 is 0 Å². The maximum atomic E-state index is 3.97. The van der Waals surface area contributed by atoms with Crippen molar-refractivity contribution in [3.63, 3.8) is 0 Å². The van der Waals surface area contributed by atoms with Crippen LogP contribution in [0.3, 0.4) is 0 Å². The van der Waals surface area contributed by atoms with Gasteiger partial charge >= 0.3 is 0 Å². The average Bonchev–Trinajstić information content (AvgIpc) is 2.00. The minimum absolute atomic E-state index is 1.06. The van der Waals surface area contributed by atoms with Crippen LogP contribution in [0.25, 0.3) is 0 Å². The van der Waals surface area contributed by atoms with E-state index in [2.05, 4.69) is 23.9 Å². The van der Waals surface area contributed by atoms with E-state index >= 15 is 0 Å². The molecular weight excluding hydrogens is 156 g/mol. The molecule has 0 fully saturated rings. The van der Waals surface area contributed by atoms with E-state index in [1.807, 2.05) is 29.9 Å². The molecule has 0 amide bonds. The molecule has 1 aliphatic heterocycles. The van der Waals surface area contributed by atoms with Gasteiger partial charge in [0.2, 0.25) is 0 Å². The topological polar surface area (TPSA) is 6.48 Å². The van der Waals surface area contributed by atoms with Crippen molar-refractivity contribution in [3.8, 4) is 0 Å². The summed E-state index contributed by atoms with van der Waals surface area (Å²) in [5.41, 5.74) is 0. The van der Waals surface area contributed by atoms with Gasteiger partial charge in [-0.2, -0.15) is 0 Å². The SMILES string of the molecule is C=C1N(C)/C=C\SCCN1C. The molecule has 11 heavy (non-hydrogen) atoms. The lowest BCUT2D eigenvalue weighted by molar-refractivity contribution is 0.334. The van der Waals surface area contributed by atoms with Gasteiger partial charge in [-0.1, -0.05) is 6.58 Å². The molecule has 0 unspecified atom stereocenters. The summed E-state index contributed by atoms with van der Waals surface area (Å²) in [6, 6.07) is 0. The van der Waals surface area contributed by atoms with Crippen LogP contribution >= 0.6 is 11.8 Å². The summed E-state index contributed by atoms with van der Waals surface area (Å²) in [6.45, 7) is 5.04. The lowest BCUT2D eigenvalue weighted by Crippen LogP contribution is -2.29. The van der Waals surface area contributed by atoms with Gasteiger partial charge in [-0.3, -0.25) is 0 Å². The summed E-state index contributed by atoms with van der Waals surface area (Å²) in [4.78, 5) is 4.20. The van der Waals surface area contributed by atoms with Crippen LogP contribution in [0.15, 0.2) is 24.0 Å². The first kappa shape index (κ1) is 8.53. The highest BCUT2D eigenvalue weighted by Crippen LogP contribution is 2.12. The minimum Gasteiger partial charge on any atom is -0.361 e. The third kappa shape index (κ3) is 2.19. The third-order valence-corrected chi connectivity index (χ3v) is 2.51. The normalized spacial score (nSPS) is 22.9. The molecule has 0 atom stereocenters. The van der Waals surface area contributed by atoms with Crippen LogP contribution in [0, 0.1) is 0 Å². The molecule has 1 rings (SSSR count). The van der Waals surface area contributed by atoms with Crippen LogP contribution in [-0.2, 0) is 0 Å². The smallest absolute Gasteiger partial charge is 0.100 e. The monoisotopic (exact) mass is 170 g/mol. The highest BCUT2D eigenvalue weighted by Gasteiger charge is 2.06. The van der Waals surface area contributed by atoms with Gasteiger partial charge in [0.25, 0.3) is 0 Å². The largest absolute Gasteiger partial charge is 0.361 e. The summed E-state index contributed by atoms with van der Waals surface area (Å²) in [5.74, 6) is 2.20. The molecule has 0 aromatic heterocycles. The van der Waals surface area contributed by atoms with Gasteiger partial charge in [0.05, 0.1) is 0 Å². The molecule has 0 spiro atoms. The Morgan fingerprint density at radius 3 is 3.00 bits per heavy atom. The van der Waals surface area contributed by atoms with Crippen molar-refractivity contribution >= 4 is 11.8 Å². The van der Waals surface area contributed by atoms with Crippen molar-refractivity contribution in [2.75, 3.05) is 26.4 Å². The highest BCUT2D eigenvalue weighted by molar-refractivity contribution is 8.02. The average molecular weight is 170 g/mol. The lowest BCUT2D eigenvalue weighted by atomic mass is 10.5. The zero-order valence-corrected chi connectivity index (χ0v) is 7.90. The molecule has 0 aliphatic carbocycles. The second-order valence-electron chi connectivity index (χ2n) is 2.60. The van der Waals surface area contributed by atoms with Crippen LogP contribution < -0.4 is 0 Å². The molecule has 0 aromatic rings. The van der Waals surface area contributed by atoms with Crippen molar-refractivity contribution in [1.82, 2.24) is 9.80 Å². The molecule has 0 N–H and O–H groups in total. The van der Waals surface area contributed by atoms with Gasteiger partial charge in [-0.05, 0) is 5.41 Å². The first-order valence-electron chi connectivity index (χ1n) is 3.63. The number of rotatable bonds is 0. The molecule has 0 saturated carbocycles. The van der Waals surface area contributed by atoms with Crippen LogP contribution in [0.4, 0.5) is 0 Å². The van der Waals surface area contributed by atoms with E-state index in [0.717, 1.165) is 18.1 Å². The lowest BCUT2D eigenvalue weighted by Gasteiger charge is -2.28. The van der Waals surface area contributed by atoms with Crippen molar-refractivity contribution in [2.24, 2.45) is 0 Å². The fourth-order valence-corrected chi connectivity index (χ4v) is 1.66. The molecule has 62 valence electrons. The van der Waals surface area contributed by atoms with Gasteiger partial charge in [-0.25, -0.2) is 0 Å². The second kappa shape index (κ2) is 3.72. The summed E-state index contributed by atoms with van der Waals surface area (Å²) in [7, 11) is 4.08. The van der Waals surface area contributed by atoms with Crippen LogP contribution in [-0.4, -0.2) is 36.2 Å². The predicted molar refractivity (Wildman–Crippen MR) is 51.1 cm³/mol. The van der Waals surface area contributed by atoms with Gasteiger partial charge in [0.15, 0.2) is 0 Å². The Morgan fingerprint density at radius 2 is 2.27 bits per heavy atom. The summed E-state index contributed by atoms with van der Waals surface area (Å²) in [6.07, 6.45) is 2.04. The number of hydrogen-bond donors (Lipinski definition) is 0. The van der Waals surface area contributed by atoms with Crippen molar-refractivity contribution < 1.29 is 0 Å². The predicted octanol–water partition coefficient (Wildman–Crippen LogP) is 1.54. The fourth-order valence-electron chi connectivity index (χ4n) is 0.876. The quantitative estimate of drug-likeness (QED) is 0.544. The van der Waals surface area contributed by atoms with Gasteiger partial charge in [-0.15, -0.1) is 11.8 Å². The van der Waals surface area contributed by atoms with E-state index in [-0.39, 0.29) is 0 Å². The van der Waals surface area contributed by atoms with Gasteiger partial charge in [0, 0.05) is 32.6 Å².